The minimum absolute atomic E-state index is 0.00310. The van der Waals surface area contributed by atoms with Gasteiger partial charge in [-0.2, -0.15) is 0 Å². The number of carbonyl (C=O) groups excluding carboxylic acids is 1. The van der Waals surface area contributed by atoms with Gasteiger partial charge in [0.15, 0.2) is 0 Å². The second-order valence-corrected chi connectivity index (χ2v) is 3.25. The maximum atomic E-state index is 11.1. The smallest absolute Gasteiger partial charge is 0.307 e. The van der Waals surface area contributed by atoms with Crippen molar-refractivity contribution in [3.63, 3.8) is 0 Å². The summed E-state index contributed by atoms with van der Waals surface area (Å²) in [7, 11) is 1.44. The van der Waals surface area contributed by atoms with Gasteiger partial charge in [0, 0.05) is 12.8 Å². The van der Waals surface area contributed by atoms with Crippen molar-refractivity contribution in [3.8, 4) is 0 Å². The Balaban J connectivity index is 2.57. The third kappa shape index (κ3) is 4.10. The van der Waals surface area contributed by atoms with E-state index in [0.717, 1.165) is 0 Å². The van der Waals surface area contributed by atoms with Gasteiger partial charge in [0.05, 0.1) is 6.42 Å². The van der Waals surface area contributed by atoms with Crippen LogP contribution in [0, 0.1) is 0 Å². The molecule has 86 valence electrons. The van der Waals surface area contributed by atoms with Crippen LogP contribution in [0.3, 0.4) is 0 Å². The molecular formula is C11H13NO4. The van der Waals surface area contributed by atoms with Crippen LogP contribution in [0.5, 0.6) is 0 Å². The van der Waals surface area contributed by atoms with Crippen LogP contribution in [0.15, 0.2) is 24.3 Å². The van der Waals surface area contributed by atoms with Gasteiger partial charge in [-0.3, -0.25) is 9.59 Å². The fourth-order valence-corrected chi connectivity index (χ4v) is 1.21. The van der Waals surface area contributed by atoms with Crippen LogP contribution < -0.4 is 5.32 Å². The maximum Gasteiger partial charge on any atom is 0.307 e. The van der Waals surface area contributed by atoms with Gasteiger partial charge in [0.25, 0.3) is 0 Å². The molecule has 0 saturated carbocycles. The summed E-state index contributed by atoms with van der Waals surface area (Å²) in [6.07, 6.45) is -0.0215. The lowest BCUT2D eigenvalue weighted by atomic mass is 10.1. The number of aliphatic carboxylic acids is 1. The second kappa shape index (κ2) is 5.87. The van der Waals surface area contributed by atoms with Crippen molar-refractivity contribution in [2.24, 2.45) is 0 Å². The van der Waals surface area contributed by atoms with E-state index in [1.54, 1.807) is 24.3 Å². The zero-order valence-electron chi connectivity index (χ0n) is 8.90. The fourth-order valence-electron chi connectivity index (χ4n) is 1.21. The molecule has 0 atom stereocenters. The van der Waals surface area contributed by atoms with E-state index in [9.17, 15) is 9.59 Å². The Kier molecular flexibility index (Phi) is 4.47. The first-order valence-corrected chi connectivity index (χ1v) is 4.71. The van der Waals surface area contributed by atoms with E-state index in [2.05, 4.69) is 10.1 Å². The summed E-state index contributed by atoms with van der Waals surface area (Å²) in [5, 5.41) is 11.2. The summed E-state index contributed by atoms with van der Waals surface area (Å²) < 4.78 is 4.66. The Labute approximate surface area is 93.0 Å². The molecule has 1 aromatic carbocycles. The zero-order chi connectivity index (χ0) is 12.0. The van der Waals surface area contributed by atoms with E-state index in [4.69, 9.17) is 5.11 Å². The number of hydrogen-bond acceptors (Lipinski definition) is 3. The van der Waals surface area contributed by atoms with Gasteiger partial charge < -0.3 is 15.2 Å². The summed E-state index contributed by atoms with van der Waals surface area (Å²) in [4.78, 5) is 21.6. The lowest BCUT2D eigenvalue weighted by molar-refractivity contribution is -0.136. The molecule has 1 aromatic rings. The number of carboxylic acids is 1. The molecule has 5 nitrogen and oxygen atoms in total. The first-order valence-electron chi connectivity index (χ1n) is 4.71. The highest BCUT2D eigenvalue weighted by Crippen LogP contribution is 2.09. The molecule has 0 heterocycles. The number of anilines is 1. The van der Waals surface area contributed by atoms with E-state index in [1.807, 2.05) is 0 Å². The van der Waals surface area contributed by atoms with Crippen LogP contribution in [0.4, 0.5) is 5.69 Å². The number of carboxylic acid groups (broad SMARTS) is 1. The van der Waals surface area contributed by atoms with Gasteiger partial charge in [-0.05, 0) is 17.7 Å². The number of methoxy groups -OCH3 is 1. The summed E-state index contributed by atoms with van der Waals surface area (Å²) in [6, 6.07) is 6.64. The third-order valence-corrected chi connectivity index (χ3v) is 1.87. The highest BCUT2D eigenvalue weighted by atomic mass is 16.5. The number of nitrogens with one attached hydrogen (secondary N) is 1. The van der Waals surface area contributed by atoms with Crippen molar-refractivity contribution >= 4 is 17.6 Å². The molecule has 16 heavy (non-hydrogen) atoms. The summed E-state index contributed by atoms with van der Waals surface area (Å²) in [5.74, 6) is -1.12. The normalized spacial score (nSPS) is 9.81. The number of carbonyl (C=O) groups is 2. The summed E-state index contributed by atoms with van der Waals surface area (Å²) >= 11 is 0. The minimum Gasteiger partial charge on any atom is -0.481 e. The van der Waals surface area contributed by atoms with E-state index < -0.39 is 5.97 Å². The third-order valence-electron chi connectivity index (χ3n) is 1.87. The molecular weight excluding hydrogens is 210 g/mol. The number of benzene rings is 1. The molecule has 0 fully saturated rings. The number of ether oxygens (including phenoxy) is 1. The van der Waals surface area contributed by atoms with Gasteiger partial charge in [-0.15, -0.1) is 0 Å². The average Bonchev–Trinajstić information content (AvgIpc) is 2.20. The van der Waals surface area contributed by atoms with Crippen molar-refractivity contribution in [2.45, 2.75) is 6.42 Å². The molecule has 5 heteroatoms. The van der Waals surface area contributed by atoms with Crippen LogP contribution in [-0.4, -0.2) is 30.7 Å². The molecule has 1 rings (SSSR count). The number of hydrogen-bond donors (Lipinski definition) is 2. The van der Waals surface area contributed by atoms with Crippen molar-refractivity contribution < 1.29 is 19.4 Å². The topological polar surface area (TPSA) is 75.6 Å². The van der Waals surface area contributed by atoms with Crippen molar-refractivity contribution in [1.29, 1.82) is 0 Å². The van der Waals surface area contributed by atoms with Crippen molar-refractivity contribution in [3.05, 3.63) is 29.8 Å². The quantitative estimate of drug-likeness (QED) is 0.777. The maximum absolute atomic E-state index is 11.1. The first-order chi connectivity index (χ1) is 7.61. The van der Waals surface area contributed by atoms with Crippen LogP contribution in [0.25, 0.3) is 0 Å². The Hall–Kier alpha value is -1.88. The highest BCUT2D eigenvalue weighted by Gasteiger charge is 2.03. The molecule has 0 saturated heterocycles. The van der Waals surface area contributed by atoms with E-state index in [0.29, 0.717) is 11.3 Å². The van der Waals surface area contributed by atoms with Crippen LogP contribution in [-0.2, 0) is 20.7 Å². The lowest BCUT2D eigenvalue weighted by Gasteiger charge is -2.04. The molecule has 1 amide bonds. The Morgan fingerprint density at radius 2 is 1.94 bits per heavy atom. The molecule has 0 aliphatic heterocycles. The standard InChI is InChI=1S/C11H13NO4/c1-16-7-10(13)12-9-4-2-8(3-5-9)6-11(14)15/h2-5H,6-7H2,1H3,(H,12,13)(H,14,15). The molecule has 0 bridgehead atoms. The largest absolute Gasteiger partial charge is 0.481 e. The van der Waals surface area contributed by atoms with Gasteiger partial charge in [0.2, 0.25) is 5.91 Å². The van der Waals surface area contributed by atoms with E-state index in [1.165, 1.54) is 7.11 Å². The first kappa shape index (κ1) is 12.2. The number of amides is 1. The molecule has 0 aliphatic rings. The zero-order valence-corrected chi connectivity index (χ0v) is 8.90. The summed E-state index contributed by atoms with van der Waals surface area (Å²) in [5.41, 5.74) is 1.31. The van der Waals surface area contributed by atoms with Crippen LogP contribution in [0.2, 0.25) is 0 Å². The van der Waals surface area contributed by atoms with Crippen LogP contribution in [0.1, 0.15) is 5.56 Å². The molecule has 0 unspecified atom stereocenters. The summed E-state index contributed by atoms with van der Waals surface area (Å²) in [6.45, 7) is -0.00310. The van der Waals surface area contributed by atoms with Gasteiger partial charge in [-0.1, -0.05) is 12.1 Å². The Bertz CT molecular complexity index is 372. The fraction of sp³-hybridized carbons (Fsp3) is 0.273. The Morgan fingerprint density at radius 3 is 2.44 bits per heavy atom. The predicted molar refractivity (Wildman–Crippen MR) is 58.3 cm³/mol. The molecule has 0 spiro atoms. The molecule has 0 aromatic heterocycles. The minimum atomic E-state index is -0.879. The lowest BCUT2D eigenvalue weighted by Crippen LogP contribution is -2.17. The van der Waals surface area contributed by atoms with Crippen LogP contribution >= 0.6 is 0 Å². The SMILES string of the molecule is COCC(=O)Nc1ccc(CC(=O)O)cc1. The van der Waals surface area contributed by atoms with Crippen molar-refractivity contribution in [2.75, 3.05) is 19.0 Å². The van der Waals surface area contributed by atoms with E-state index in [-0.39, 0.29) is 18.9 Å². The molecule has 0 radical (unpaired) electrons. The van der Waals surface area contributed by atoms with Gasteiger partial charge in [-0.25, -0.2) is 0 Å². The monoisotopic (exact) mass is 223 g/mol. The van der Waals surface area contributed by atoms with Gasteiger partial charge >= 0.3 is 5.97 Å². The number of rotatable bonds is 5. The average molecular weight is 223 g/mol. The molecule has 0 aliphatic carbocycles. The second-order valence-electron chi connectivity index (χ2n) is 3.25. The Morgan fingerprint density at radius 1 is 1.31 bits per heavy atom. The highest BCUT2D eigenvalue weighted by molar-refractivity contribution is 5.91. The van der Waals surface area contributed by atoms with E-state index >= 15 is 0 Å². The molecule has 2 N–H and O–H groups in total. The van der Waals surface area contributed by atoms with Gasteiger partial charge in [0.1, 0.15) is 6.61 Å². The van der Waals surface area contributed by atoms with Crippen molar-refractivity contribution in [1.82, 2.24) is 0 Å². The predicted octanol–water partition coefficient (Wildman–Crippen LogP) is 0.899.